The highest BCUT2D eigenvalue weighted by Crippen LogP contribution is 1.99. The van der Waals surface area contributed by atoms with Crippen LogP contribution in [0.15, 0.2) is 30.3 Å². The Balaban J connectivity index is 2.42. The van der Waals surface area contributed by atoms with Crippen LogP contribution >= 0.6 is 12.2 Å². The highest BCUT2D eigenvalue weighted by Gasteiger charge is 1.96. The summed E-state index contributed by atoms with van der Waals surface area (Å²) in [5.74, 6) is 0. The van der Waals surface area contributed by atoms with Gasteiger partial charge < -0.3 is 5.32 Å². The van der Waals surface area contributed by atoms with Gasteiger partial charge >= 0.3 is 0 Å². The molecule has 0 aromatic heterocycles. The molecule has 0 amide bonds. The molecule has 0 fully saturated rings. The summed E-state index contributed by atoms with van der Waals surface area (Å²) in [5, 5.41) is 11.2. The number of nitrogens with zero attached hydrogens (tertiary/aromatic N) is 1. The van der Waals surface area contributed by atoms with Gasteiger partial charge in [-0.2, -0.15) is 5.26 Å². The summed E-state index contributed by atoms with van der Waals surface area (Å²) in [5.41, 5.74) is 1.16. The van der Waals surface area contributed by atoms with Gasteiger partial charge in [0.2, 0.25) is 0 Å². The van der Waals surface area contributed by atoms with Gasteiger partial charge in [0.25, 0.3) is 0 Å². The van der Waals surface area contributed by atoms with Gasteiger partial charge in [0.1, 0.15) is 6.54 Å². The summed E-state index contributed by atoms with van der Waals surface area (Å²) in [6.45, 7) is 0.283. The van der Waals surface area contributed by atoms with Crippen molar-refractivity contribution in [3.05, 3.63) is 35.9 Å². The van der Waals surface area contributed by atoms with Gasteiger partial charge in [0, 0.05) is 6.42 Å². The minimum absolute atomic E-state index is 0.283. The van der Waals surface area contributed by atoms with Crippen LogP contribution in [0.1, 0.15) is 5.56 Å². The van der Waals surface area contributed by atoms with E-state index in [4.69, 9.17) is 17.5 Å². The Morgan fingerprint density at radius 2 is 2.08 bits per heavy atom. The van der Waals surface area contributed by atoms with Crippen molar-refractivity contribution in [1.29, 1.82) is 5.26 Å². The third kappa shape index (κ3) is 3.68. The average Bonchev–Trinajstić information content (AvgIpc) is 2.16. The number of hydrogen-bond acceptors (Lipinski definition) is 2. The summed E-state index contributed by atoms with van der Waals surface area (Å²) >= 11 is 5.04. The van der Waals surface area contributed by atoms with Gasteiger partial charge in [-0.1, -0.05) is 42.5 Å². The molecule has 13 heavy (non-hydrogen) atoms. The second-order valence-electron chi connectivity index (χ2n) is 2.60. The highest BCUT2D eigenvalue weighted by atomic mass is 32.1. The van der Waals surface area contributed by atoms with Crippen LogP contribution in [0, 0.1) is 11.3 Å². The van der Waals surface area contributed by atoms with E-state index in [-0.39, 0.29) is 6.54 Å². The summed E-state index contributed by atoms with van der Waals surface area (Å²) < 4.78 is 0. The standard InChI is InChI=1S/C10H10N2S/c11-6-7-12-10(13)8-9-4-2-1-3-5-9/h1-5H,7-8H2,(H,12,13). The molecule has 0 unspecified atom stereocenters. The normalized spacial score (nSPS) is 8.85. The first-order valence-electron chi connectivity index (χ1n) is 4.00. The quantitative estimate of drug-likeness (QED) is 0.581. The molecule has 0 aliphatic carbocycles. The lowest BCUT2D eigenvalue weighted by molar-refractivity contribution is 1.04. The molecule has 0 saturated heterocycles. The van der Waals surface area contributed by atoms with E-state index < -0.39 is 0 Å². The zero-order valence-electron chi connectivity index (χ0n) is 7.16. The third-order valence-corrected chi connectivity index (χ3v) is 1.86. The predicted molar refractivity (Wildman–Crippen MR) is 56.4 cm³/mol. The molecule has 2 nitrogen and oxygen atoms in total. The molecule has 0 saturated carbocycles. The topological polar surface area (TPSA) is 35.8 Å². The number of nitriles is 1. The maximum absolute atomic E-state index is 8.31. The van der Waals surface area contributed by atoms with E-state index in [1.807, 2.05) is 36.4 Å². The molecule has 1 N–H and O–H groups in total. The molecule has 1 aromatic rings. The zero-order chi connectivity index (χ0) is 9.52. The smallest absolute Gasteiger partial charge is 0.103 e. The van der Waals surface area contributed by atoms with Crippen LogP contribution in [-0.2, 0) is 6.42 Å². The van der Waals surface area contributed by atoms with E-state index in [1.165, 1.54) is 0 Å². The van der Waals surface area contributed by atoms with E-state index in [0.717, 1.165) is 5.56 Å². The first kappa shape index (κ1) is 9.69. The van der Waals surface area contributed by atoms with Crippen molar-refractivity contribution >= 4 is 17.2 Å². The van der Waals surface area contributed by atoms with Crippen molar-refractivity contribution in [2.24, 2.45) is 0 Å². The lowest BCUT2D eigenvalue weighted by atomic mass is 10.1. The van der Waals surface area contributed by atoms with Crippen LogP contribution in [0.2, 0.25) is 0 Å². The monoisotopic (exact) mass is 190 g/mol. The van der Waals surface area contributed by atoms with Crippen molar-refractivity contribution in [3.63, 3.8) is 0 Å². The van der Waals surface area contributed by atoms with E-state index in [1.54, 1.807) is 0 Å². The van der Waals surface area contributed by atoms with Gasteiger partial charge in [-0.25, -0.2) is 0 Å². The predicted octanol–water partition coefficient (Wildman–Crippen LogP) is 1.67. The molecule has 0 spiro atoms. The fourth-order valence-corrected chi connectivity index (χ4v) is 1.22. The van der Waals surface area contributed by atoms with Gasteiger partial charge in [-0.15, -0.1) is 0 Å². The van der Waals surface area contributed by atoms with E-state index in [9.17, 15) is 0 Å². The Morgan fingerprint density at radius 3 is 2.69 bits per heavy atom. The molecular formula is C10H10N2S. The van der Waals surface area contributed by atoms with Gasteiger partial charge in [0.05, 0.1) is 11.1 Å². The summed E-state index contributed by atoms with van der Waals surface area (Å²) in [6.07, 6.45) is 0.706. The number of thiocarbonyl (C=S) groups is 1. The second kappa shape index (κ2) is 5.28. The summed E-state index contributed by atoms with van der Waals surface area (Å²) in [6, 6.07) is 11.9. The van der Waals surface area contributed by atoms with Crippen LogP contribution in [0.3, 0.4) is 0 Å². The van der Waals surface area contributed by atoms with Crippen molar-refractivity contribution in [2.45, 2.75) is 6.42 Å². The van der Waals surface area contributed by atoms with Crippen molar-refractivity contribution in [3.8, 4) is 6.07 Å². The van der Waals surface area contributed by atoms with Crippen LogP contribution in [0.25, 0.3) is 0 Å². The first-order valence-corrected chi connectivity index (χ1v) is 4.41. The van der Waals surface area contributed by atoms with Crippen LogP contribution in [0.5, 0.6) is 0 Å². The van der Waals surface area contributed by atoms with Gasteiger partial charge in [-0.3, -0.25) is 0 Å². The molecule has 3 heteroatoms. The Morgan fingerprint density at radius 1 is 1.38 bits per heavy atom. The van der Waals surface area contributed by atoms with Gasteiger partial charge in [0.15, 0.2) is 0 Å². The summed E-state index contributed by atoms with van der Waals surface area (Å²) in [7, 11) is 0. The maximum atomic E-state index is 8.31. The fourth-order valence-electron chi connectivity index (χ4n) is 0.982. The highest BCUT2D eigenvalue weighted by molar-refractivity contribution is 7.80. The third-order valence-electron chi connectivity index (χ3n) is 1.57. The van der Waals surface area contributed by atoms with E-state index in [2.05, 4.69) is 5.32 Å². The number of rotatable bonds is 3. The van der Waals surface area contributed by atoms with Crippen LogP contribution < -0.4 is 5.32 Å². The molecule has 0 atom stereocenters. The Bertz CT molecular complexity index is 313. The molecule has 1 rings (SSSR count). The zero-order valence-corrected chi connectivity index (χ0v) is 7.97. The molecule has 0 heterocycles. The minimum Gasteiger partial charge on any atom is -0.367 e. The number of nitrogens with one attached hydrogen (secondary N) is 1. The lowest BCUT2D eigenvalue weighted by Gasteiger charge is -2.03. The Hall–Kier alpha value is -1.40. The second-order valence-corrected chi connectivity index (χ2v) is 3.09. The molecule has 0 bridgehead atoms. The molecule has 0 radical (unpaired) electrons. The molecule has 0 aliphatic heterocycles. The Labute approximate surface area is 83.2 Å². The number of benzene rings is 1. The first-order chi connectivity index (χ1) is 6.33. The SMILES string of the molecule is N#CCNC(=S)Cc1ccccc1. The average molecular weight is 190 g/mol. The van der Waals surface area contributed by atoms with Crippen molar-refractivity contribution < 1.29 is 0 Å². The van der Waals surface area contributed by atoms with Crippen molar-refractivity contribution in [1.82, 2.24) is 5.32 Å². The largest absolute Gasteiger partial charge is 0.367 e. The number of hydrogen-bond donors (Lipinski definition) is 1. The van der Waals surface area contributed by atoms with Gasteiger partial charge in [-0.05, 0) is 5.56 Å². The van der Waals surface area contributed by atoms with E-state index in [0.29, 0.717) is 11.4 Å². The molecule has 66 valence electrons. The molecular weight excluding hydrogens is 180 g/mol. The molecule has 1 aromatic carbocycles. The Kier molecular flexibility index (Phi) is 3.94. The summed E-state index contributed by atoms with van der Waals surface area (Å²) in [4.78, 5) is 0.716. The van der Waals surface area contributed by atoms with Crippen LogP contribution in [-0.4, -0.2) is 11.5 Å². The maximum Gasteiger partial charge on any atom is 0.103 e. The minimum atomic E-state index is 0.283. The fraction of sp³-hybridized carbons (Fsp3) is 0.200. The lowest BCUT2D eigenvalue weighted by Crippen LogP contribution is -2.23. The van der Waals surface area contributed by atoms with Crippen molar-refractivity contribution in [2.75, 3.05) is 6.54 Å². The molecule has 0 aliphatic rings. The van der Waals surface area contributed by atoms with E-state index >= 15 is 0 Å². The van der Waals surface area contributed by atoms with Crippen LogP contribution in [0.4, 0.5) is 0 Å².